The molecule has 0 spiro atoms. The molecule has 0 aliphatic heterocycles. The van der Waals surface area contributed by atoms with E-state index in [1.807, 2.05) is 17.5 Å². The van der Waals surface area contributed by atoms with Crippen LogP contribution in [0.4, 0.5) is 4.79 Å². The Morgan fingerprint density at radius 1 is 1.39 bits per heavy atom. The molecule has 2 aromatic rings. The van der Waals surface area contributed by atoms with Crippen LogP contribution in [0, 0.1) is 0 Å². The predicted octanol–water partition coefficient (Wildman–Crippen LogP) is 0.0396. The van der Waals surface area contributed by atoms with Crippen molar-refractivity contribution in [1.29, 1.82) is 0 Å². The van der Waals surface area contributed by atoms with Gasteiger partial charge in [-0.05, 0) is 11.4 Å². The molecule has 4 N–H and O–H groups in total. The first-order valence-corrected chi connectivity index (χ1v) is 8.27. The van der Waals surface area contributed by atoms with E-state index in [9.17, 15) is 14.4 Å². The lowest BCUT2D eigenvalue weighted by molar-refractivity contribution is -0.119. The van der Waals surface area contributed by atoms with Crippen LogP contribution in [0.15, 0.2) is 22.7 Å². The Hall–Kier alpha value is -2.40. The van der Waals surface area contributed by atoms with Crippen molar-refractivity contribution in [3.05, 3.63) is 17.5 Å². The Labute approximate surface area is 139 Å². The summed E-state index contributed by atoms with van der Waals surface area (Å²) in [6.07, 6.45) is 0. The summed E-state index contributed by atoms with van der Waals surface area (Å²) in [5.41, 5.74) is 5.26. The minimum Gasteiger partial charge on any atom is -0.368 e. The van der Waals surface area contributed by atoms with Gasteiger partial charge in [-0.1, -0.05) is 17.8 Å². The van der Waals surface area contributed by atoms with Crippen LogP contribution in [-0.2, 0) is 16.1 Å². The van der Waals surface area contributed by atoms with E-state index in [0.29, 0.717) is 11.0 Å². The third kappa shape index (κ3) is 4.53. The van der Waals surface area contributed by atoms with E-state index in [-0.39, 0.29) is 12.3 Å². The van der Waals surface area contributed by atoms with Gasteiger partial charge in [0.2, 0.25) is 11.8 Å². The average molecular weight is 354 g/mol. The van der Waals surface area contributed by atoms with Gasteiger partial charge in [-0.3, -0.25) is 19.5 Å². The Morgan fingerprint density at radius 2 is 2.17 bits per heavy atom. The number of thiophene rings is 1. The molecule has 0 aliphatic rings. The Kier molecular flexibility index (Phi) is 5.71. The third-order valence-corrected chi connectivity index (χ3v) is 4.42. The van der Waals surface area contributed by atoms with E-state index in [4.69, 9.17) is 5.73 Å². The second-order valence-electron chi connectivity index (χ2n) is 4.25. The molecule has 2 aromatic heterocycles. The summed E-state index contributed by atoms with van der Waals surface area (Å²) in [5, 5.41) is 14.7. The lowest BCUT2D eigenvalue weighted by atomic mass is 10.4. The van der Waals surface area contributed by atoms with Crippen LogP contribution < -0.4 is 16.4 Å². The molecular weight excluding hydrogens is 340 g/mol. The van der Waals surface area contributed by atoms with Crippen LogP contribution in [0.25, 0.3) is 10.7 Å². The number of nitrogens with one attached hydrogen (secondary N) is 2. The van der Waals surface area contributed by atoms with E-state index in [0.717, 1.165) is 16.6 Å². The molecule has 9 nitrogen and oxygen atoms in total. The summed E-state index contributed by atoms with van der Waals surface area (Å²) in [7, 11) is 1.41. The first kappa shape index (κ1) is 17.0. The van der Waals surface area contributed by atoms with Gasteiger partial charge in [0.15, 0.2) is 11.0 Å². The number of aromatic nitrogens is 3. The van der Waals surface area contributed by atoms with Crippen molar-refractivity contribution in [3.63, 3.8) is 0 Å². The highest BCUT2D eigenvalue weighted by Gasteiger charge is 2.18. The smallest absolute Gasteiger partial charge is 0.321 e. The molecule has 23 heavy (non-hydrogen) atoms. The number of hydrogen-bond acceptors (Lipinski definition) is 7. The molecule has 0 aromatic carbocycles. The summed E-state index contributed by atoms with van der Waals surface area (Å²) < 4.78 is 1.55. The highest BCUT2D eigenvalue weighted by atomic mass is 32.2. The number of hydrogen-bond donors (Lipinski definition) is 3. The number of thioether (sulfide) groups is 1. The van der Waals surface area contributed by atoms with Crippen LogP contribution >= 0.6 is 23.1 Å². The number of amides is 4. The molecular formula is C12H14N6O3S2. The van der Waals surface area contributed by atoms with E-state index in [1.54, 1.807) is 4.57 Å². The first-order valence-electron chi connectivity index (χ1n) is 6.41. The van der Waals surface area contributed by atoms with Crippen molar-refractivity contribution in [2.45, 2.75) is 11.7 Å². The van der Waals surface area contributed by atoms with Crippen LogP contribution in [0.5, 0.6) is 0 Å². The molecule has 4 amide bonds. The second-order valence-corrected chi connectivity index (χ2v) is 6.14. The molecule has 0 bridgehead atoms. The summed E-state index contributed by atoms with van der Waals surface area (Å²) >= 11 is 2.51. The monoisotopic (exact) mass is 354 g/mol. The van der Waals surface area contributed by atoms with Gasteiger partial charge < -0.3 is 11.1 Å². The molecule has 0 atom stereocenters. The standard InChI is InChI=1S/C12H14N6O3S2/c1-14-11(21)15-9(20)6-23-12-17-16-10(7-3-2-4-22-7)18(12)5-8(13)19/h2-4H,5-6H2,1H3,(H2,13,19)(H2,14,15,20,21). The lowest BCUT2D eigenvalue weighted by Crippen LogP contribution is -2.38. The van der Waals surface area contributed by atoms with Crippen molar-refractivity contribution < 1.29 is 14.4 Å². The minimum atomic E-state index is -0.589. The molecule has 11 heteroatoms. The van der Waals surface area contributed by atoms with E-state index in [2.05, 4.69) is 20.8 Å². The summed E-state index contributed by atoms with van der Waals surface area (Å²) in [6.45, 7) is -0.0976. The zero-order valence-electron chi connectivity index (χ0n) is 12.1. The van der Waals surface area contributed by atoms with Crippen molar-refractivity contribution in [3.8, 4) is 10.7 Å². The van der Waals surface area contributed by atoms with Crippen molar-refractivity contribution in [2.75, 3.05) is 12.8 Å². The molecule has 0 aliphatic carbocycles. The molecule has 2 rings (SSSR count). The largest absolute Gasteiger partial charge is 0.368 e. The normalized spacial score (nSPS) is 10.3. The number of nitrogens with two attached hydrogens (primary N) is 1. The van der Waals surface area contributed by atoms with Gasteiger partial charge in [0, 0.05) is 7.05 Å². The van der Waals surface area contributed by atoms with Gasteiger partial charge in [-0.25, -0.2) is 4.79 Å². The SMILES string of the molecule is CNC(=O)NC(=O)CSc1nnc(-c2cccs2)n1CC(N)=O. The number of nitrogens with zero attached hydrogens (tertiary/aromatic N) is 3. The maximum atomic E-state index is 11.6. The highest BCUT2D eigenvalue weighted by molar-refractivity contribution is 7.99. The first-order chi connectivity index (χ1) is 11.0. The fourth-order valence-electron chi connectivity index (χ4n) is 1.64. The zero-order chi connectivity index (χ0) is 16.8. The fraction of sp³-hybridized carbons (Fsp3) is 0.250. The predicted molar refractivity (Wildman–Crippen MR) is 85.9 cm³/mol. The van der Waals surface area contributed by atoms with Gasteiger partial charge in [-0.2, -0.15) is 0 Å². The minimum absolute atomic E-state index is 0.0469. The van der Waals surface area contributed by atoms with E-state index >= 15 is 0 Å². The van der Waals surface area contributed by atoms with Gasteiger partial charge in [0.05, 0.1) is 10.6 Å². The molecule has 0 radical (unpaired) electrons. The number of carbonyl (C=O) groups is 3. The average Bonchev–Trinajstić information content (AvgIpc) is 3.14. The van der Waals surface area contributed by atoms with Gasteiger partial charge >= 0.3 is 6.03 Å². The van der Waals surface area contributed by atoms with Crippen LogP contribution in [-0.4, -0.2) is 45.4 Å². The van der Waals surface area contributed by atoms with Crippen LogP contribution in [0.2, 0.25) is 0 Å². The number of imide groups is 1. The van der Waals surface area contributed by atoms with E-state index in [1.165, 1.54) is 18.4 Å². The zero-order valence-corrected chi connectivity index (χ0v) is 13.7. The Balaban J connectivity index is 2.14. The summed E-state index contributed by atoms with van der Waals surface area (Å²) in [6, 6.07) is 3.11. The molecule has 0 saturated heterocycles. The number of primary amides is 1. The quantitative estimate of drug-likeness (QED) is 0.628. The molecule has 0 unspecified atom stereocenters. The maximum absolute atomic E-state index is 11.6. The third-order valence-electron chi connectivity index (χ3n) is 2.58. The Morgan fingerprint density at radius 3 is 2.78 bits per heavy atom. The number of carbonyl (C=O) groups excluding carboxylic acids is 3. The molecule has 2 heterocycles. The van der Waals surface area contributed by atoms with Gasteiger partial charge in [0.1, 0.15) is 6.54 Å². The molecule has 0 saturated carbocycles. The van der Waals surface area contributed by atoms with Crippen LogP contribution in [0.3, 0.4) is 0 Å². The number of rotatable bonds is 6. The lowest BCUT2D eigenvalue weighted by Gasteiger charge is -2.07. The molecule has 122 valence electrons. The summed E-state index contributed by atoms with van der Waals surface area (Å²) in [5.74, 6) is -0.567. The van der Waals surface area contributed by atoms with Gasteiger partial charge in [-0.15, -0.1) is 21.5 Å². The Bertz CT molecular complexity index is 712. The van der Waals surface area contributed by atoms with E-state index < -0.39 is 17.8 Å². The topological polar surface area (TPSA) is 132 Å². The van der Waals surface area contributed by atoms with Crippen molar-refractivity contribution in [1.82, 2.24) is 25.4 Å². The highest BCUT2D eigenvalue weighted by Crippen LogP contribution is 2.27. The van der Waals surface area contributed by atoms with Crippen molar-refractivity contribution in [2.24, 2.45) is 5.73 Å². The molecule has 0 fully saturated rings. The maximum Gasteiger partial charge on any atom is 0.321 e. The second kappa shape index (κ2) is 7.74. The fourth-order valence-corrected chi connectivity index (χ4v) is 3.09. The van der Waals surface area contributed by atoms with Crippen LogP contribution in [0.1, 0.15) is 0 Å². The van der Waals surface area contributed by atoms with Crippen molar-refractivity contribution >= 4 is 40.9 Å². The summed E-state index contributed by atoms with van der Waals surface area (Å²) in [4.78, 5) is 34.8. The van der Waals surface area contributed by atoms with Gasteiger partial charge in [0.25, 0.3) is 0 Å². The number of urea groups is 1.